The van der Waals surface area contributed by atoms with Gasteiger partial charge in [-0.3, -0.25) is 9.59 Å². The second-order valence-electron chi connectivity index (χ2n) is 8.28. The van der Waals surface area contributed by atoms with Gasteiger partial charge in [-0.2, -0.15) is 0 Å². The van der Waals surface area contributed by atoms with Crippen molar-refractivity contribution in [2.24, 2.45) is 0 Å². The first-order valence-corrected chi connectivity index (χ1v) is 11.1. The molecule has 0 saturated carbocycles. The molecule has 4 aromatic rings. The number of Topliss-reactive ketones (excluding diaryl/α,β-unsaturated/α-hetero) is 1. The molecule has 2 heterocycles. The summed E-state index contributed by atoms with van der Waals surface area (Å²) in [6, 6.07) is 22.4. The molecular formula is C27H25N3O4. The maximum Gasteiger partial charge on any atom is 0.227 e. The predicted octanol–water partition coefficient (Wildman–Crippen LogP) is 4.46. The second kappa shape index (κ2) is 9.02. The van der Waals surface area contributed by atoms with Gasteiger partial charge >= 0.3 is 0 Å². The Bertz CT molecular complexity index is 1360. The third-order valence-corrected chi connectivity index (χ3v) is 6.25. The van der Waals surface area contributed by atoms with Gasteiger partial charge in [0.2, 0.25) is 5.91 Å². The molecule has 1 aromatic heterocycles. The SMILES string of the molecule is COc1ccc(OC)c(N2CC(c3nc4ccccc4n3CC(=O)c3ccccc3)CC2=O)c1. The Labute approximate surface area is 197 Å². The van der Waals surface area contributed by atoms with E-state index in [-0.39, 0.29) is 24.2 Å². The number of methoxy groups -OCH3 is 2. The average Bonchev–Trinajstić information content (AvgIpc) is 3.44. The van der Waals surface area contributed by atoms with E-state index in [0.29, 0.717) is 35.7 Å². The normalized spacial score (nSPS) is 15.6. The molecule has 1 unspecified atom stereocenters. The minimum Gasteiger partial charge on any atom is -0.497 e. The highest BCUT2D eigenvalue weighted by molar-refractivity contribution is 5.99. The van der Waals surface area contributed by atoms with Crippen molar-refractivity contribution < 1.29 is 19.1 Å². The number of rotatable bonds is 7. The number of para-hydroxylation sites is 2. The van der Waals surface area contributed by atoms with E-state index >= 15 is 0 Å². The Morgan fingerprint density at radius 3 is 2.53 bits per heavy atom. The lowest BCUT2D eigenvalue weighted by Crippen LogP contribution is -2.25. The number of nitrogens with zero attached hydrogens (tertiary/aromatic N) is 3. The molecule has 1 amide bonds. The summed E-state index contributed by atoms with van der Waals surface area (Å²) in [6.07, 6.45) is 0.295. The number of aromatic nitrogens is 2. The topological polar surface area (TPSA) is 73.7 Å². The van der Waals surface area contributed by atoms with Crippen molar-refractivity contribution in [2.75, 3.05) is 25.7 Å². The van der Waals surface area contributed by atoms with Crippen molar-refractivity contribution >= 4 is 28.4 Å². The molecule has 0 spiro atoms. The summed E-state index contributed by atoms with van der Waals surface area (Å²) in [6.45, 7) is 0.595. The number of imidazole rings is 1. The van der Waals surface area contributed by atoms with Crippen LogP contribution in [0.2, 0.25) is 0 Å². The lowest BCUT2D eigenvalue weighted by molar-refractivity contribution is -0.117. The largest absolute Gasteiger partial charge is 0.497 e. The number of anilines is 1. The maximum absolute atomic E-state index is 13.1. The predicted molar refractivity (Wildman–Crippen MR) is 130 cm³/mol. The molecule has 1 saturated heterocycles. The van der Waals surface area contributed by atoms with Crippen molar-refractivity contribution in [3.63, 3.8) is 0 Å². The fourth-order valence-electron chi connectivity index (χ4n) is 4.55. The van der Waals surface area contributed by atoms with Gasteiger partial charge in [-0.05, 0) is 24.3 Å². The Kier molecular flexibility index (Phi) is 5.76. The first-order valence-electron chi connectivity index (χ1n) is 11.1. The van der Waals surface area contributed by atoms with E-state index in [1.807, 2.05) is 59.2 Å². The molecule has 1 atom stereocenters. The molecule has 0 radical (unpaired) electrons. The molecule has 0 aliphatic carbocycles. The quantitative estimate of drug-likeness (QED) is 0.385. The number of benzene rings is 3. The van der Waals surface area contributed by atoms with Crippen LogP contribution in [0, 0.1) is 0 Å². The Morgan fingerprint density at radius 1 is 1.00 bits per heavy atom. The number of fused-ring (bicyclic) bond motifs is 1. The van der Waals surface area contributed by atoms with Crippen LogP contribution in [0.4, 0.5) is 5.69 Å². The fraction of sp³-hybridized carbons (Fsp3) is 0.222. The van der Waals surface area contributed by atoms with Crippen LogP contribution in [-0.2, 0) is 11.3 Å². The molecule has 0 bridgehead atoms. The molecule has 7 heteroatoms. The molecule has 5 rings (SSSR count). The van der Waals surface area contributed by atoms with Crippen molar-refractivity contribution in [3.8, 4) is 11.5 Å². The van der Waals surface area contributed by atoms with E-state index in [9.17, 15) is 9.59 Å². The van der Waals surface area contributed by atoms with Crippen molar-refractivity contribution in [2.45, 2.75) is 18.9 Å². The van der Waals surface area contributed by atoms with E-state index in [4.69, 9.17) is 14.5 Å². The van der Waals surface area contributed by atoms with Gasteiger partial charge in [-0.1, -0.05) is 42.5 Å². The van der Waals surface area contributed by atoms with Crippen LogP contribution < -0.4 is 14.4 Å². The molecule has 1 aliphatic rings. The molecule has 1 aliphatic heterocycles. The molecule has 0 N–H and O–H groups in total. The van der Waals surface area contributed by atoms with Crippen LogP contribution in [0.15, 0.2) is 72.8 Å². The number of carbonyl (C=O) groups is 2. The first-order chi connectivity index (χ1) is 16.6. The molecule has 1 fully saturated rings. The van der Waals surface area contributed by atoms with E-state index in [1.54, 1.807) is 37.3 Å². The average molecular weight is 456 g/mol. The van der Waals surface area contributed by atoms with Crippen molar-refractivity contribution in [1.82, 2.24) is 9.55 Å². The lowest BCUT2D eigenvalue weighted by Gasteiger charge is -2.20. The summed E-state index contributed by atoms with van der Waals surface area (Å²) in [5.74, 6) is 1.79. The van der Waals surface area contributed by atoms with Crippen LogP contribution >= 0.6 is 0 Å². The van der Waals surface area contributed by atoms with Gasteiger partial charge in [-0.25, -0.2) is 4.98 Å². The van der Waals surface area contributed by atoms with Gasteiger partial charge in [0.1, 0.15) is 17.3 Å². The van der Waals surface area contributed by atoms with Gasteiger partial charge in [0, 0.05) is 30.5 Å². The number of carbonyl (C=O) groups excluding carboxylic acids is 2. The van der Waals surface area contributed by atoms with Gasteiger partial charge in [0.05, 0.1) is 37.5 Å². The Hall–Kier alpha value is -4.13. The molecule has 34 heavy (non-hydrogen) atoms. The molecule has 3 aromatic carbocycles. The third-order valence-electron chi connectivity index (χ3n) is 6.25. The zero-order valence-corrected chi connectivity index (χ0v) is 19.1. The third kappa shape index (κ3) is 3.90. The van der Waals surface area contributed by atoms with Gasteiger partial charge < -0.3 is 18.9 Å². The summed E-state index contributed by atoms with van der Waals surface area (Å²) in [5.41, 5.74) is 3.00. The highest BCUT2D eigenvalue weighted by Crippen LogP contribution is 2.39. The Balaban J connectivity index is 1.51. The fourth-order valence-corrected chi connectivity index (χ4v) is 4.55. The van der Waals surface area contributed by atoms with E-state index in [2.05, 4.69) is 0 Å². The zero-order valence-electron chi connectivity index (χ0n) is 19.1. The highest BCUT2D eigenvalue weighted by Gasteiger charge is 2.36. The van der Waals surface area contributed by atoms with Crippen LogP contribution in [0.5, 0.6) is 11.5 Å². The maximum atomic E-state index is 13.1. The summed E-state index contributed by atoms with van der Waals surface area (Å²) in [5, 5.41) is 0. The van der Waals surface area contributed by atoms with Gasteiger partial charge in [0.25, 0.3) is 0 Å². The van der Waals surface area contributed by atoms with Gasteiger partial charge in [0.15, 0.2) is 5.78 Å². The zero-order chi connectivity index (χ0) is 23.7. The second-order valence-corrected chi connectivity index (χ2v) is 8.28. The van der Waals surface area contributed by atoms with Crippen molar-refractivity contribution in [1.29, 1.82) is 0 Å². The van der Waals surface area contributed by atoms with E-state index in [0.717, 1.165) is 16.9 Å². The van der Waals surface area contributed by atoms with Gasteiger partial charge in [-0.15, -0.1) is 0 Å². The van der Waals surface area contributed by atoms with Crippen molar-refractivity contribution in [3.05, 3.63) is 84.2 Å². The number of ketones is 1. The van der Waals surface area contributed by atoms with E-state index in [1.165, 1.54) is 0 Å². The van der Waals surface area contributed by atoms with Crippen LogP contribution in [0.3, 0.4) is 0 Å². The minimum atomic E-state index is -0.167. The number of ether oxygens (including phenoxy) is 2. The van der Waals surface area contributed by atoms with E-state index < -0.39 is 0 Å². The number of amides is 1. The van der Waals surface area contributed by atoms with Crippen LogP contribution in [0.25, 0.3) is 11.0 Å². The summed E-state index contributed by atoms with van der Waals surface area (Å²) in [4.78, 5) is 32.8. The summed E-state index contributed by atoms with van der Waals surface area (Å²) >= 11 is 0. The number of hydrogen-bond acceptors (Lipinski definition) is 5. The molecular weight excluding hydrogens is 430 g/mol. The first kappa shape index (κ1) is 21.7. The standard InChI is InChI=1S/C27H25N3O4/c1-33-20-12-13-25(34-2)23(15-20)29-16-19(14-26(29)32)27-28-21-10-6-7-11-22(21)30(27)17-24(31)18-8-4-3-5-9-18/h3-13,15,19H,14,16-17H2,1-2H3. The van der Waals surface area contributed by atoms with Crippen LogP contribution in [0.1, 0.15) is 28.5 Å². The molecule has 172 valence electrons. The lowest BCUT2D eigenvalue weighted by atomic mass is 10.1. The molecule has 7 nitrogen and oxygen atoms in total. The minimum absolute atomic E-state index is 0.000600. The summed E-state index contributed by atoms with van der Waals surface area (Å²) < 4.78 is 12.8. The summed E-state index contributed by atoms with van der Waals surface area (Å²) in [7, 11) is 3.17. The highest BCUT2D eigenvalue weighted by atomic mass is 16.5. The van der Waals surface area contributed by atoms with Crippen LogP contribution in [-0.4, -0.2) is 42.0 Å². The monoisotopic (exact) mass is 455 g/mol. The smallest absolute Gasteiger partial charge is 0.227 e. The Morgan fingerprint density at radius 2 is 1.76 bits per heavy atom. The number of hydrogen-bond donors (Lipinski definition) is 0.